The zero-order chi connectivity index (χ0) is 26.8. The van der Waals surface area contributed by atoms with Crippen molar-refractivity contribution in [1.29, 1.82) is 5.26 Å². The van der Waals surface area contributed by atoms with Gasteiger partial charge in [0, 0.05) is 48.5 Å². The number of hydrogen-bond donors (Lipinski definition) is 2. The van der Waals surface area contributed by atoms with E-state index < -0.39 is 11.8 Å². The fourth-order valence-electron chi connectivity index (χ4n) is 8.10. The van der Waals surface area contributed by atoms with E-state index in [0.717, 1.165) is 74.1 Å². The summed E-state index contributed by atoms with van der Waals surface area (Å²) >= 11 is 0. The minimum Gasteiger partial charge on any atom is -0.463 e. The van der Waals surface area contributed by atoms with E-state index in [1.54, 1.807) is 0 Å². The average Bonchev–Trinajstić information content (AvgIpc) is 3.66. The summed E-state index contributed by atoms with van der Waals surface area (Å²) in [6, 6.07) is 6.61. The maximum absolute atomic E-state index is 14.4. The van der Waals surface area contributed by atoms with Crippen LogP contribution in [-0.4, -0.2) is 67.7 Å². The molecule has 0 bridgehead atoms. The van der Waals surface area contributed by atoms with Crippen molar-refractivity contribution in [2.45, 2.75) is 93.7 Å². The standard InChI is InChI=1S/C30H38FN5O3/c1-18-7-9-30(26-20(18)5-6-23(33)21(26)14-32)13-24-22(16-39-30)27(25-4-2-11-37-25)35-28(34-24)38-17-29-8-3-10-36(29)15-19(31)12-29/h5-6,18-19,25,27H,2-4,7-13,15-17,33H2,1H3,(H,34,35). The summed E-state index contributed by atoms with van der Waals surface area (Å²) in [5, 5.41) is 13.6. The molecule has 0 aromatic heterocycles. The quantitative estimate of drug-likeness (QED) is 0.564. The highest BCUT2D eigenvalue weighted by Crippen LogP contribution is 2.52. The number of nitrogens with zero attached hydrogens (tertiary/aromatic N) is 3. The molecule has 6 atom stereocenters. The molecule has 7 rings (SSSR count). The van der Waals surface area contributed by atoms with Crippen LogP contribution in [0.25, 0.3) is 0 Å². The number of nitrogens with one attached hydrogen (secondary N) is 1. The van der Waals surface area contributed by atoms with Crippen LogP contribution in [0.15, 0.2) is 28.4 Å². The van der Waals surface area contributed by atoms with Crippen molar-refractivity contribution < 1.29 is 18.6 Å². The summed E-state index contributed by atoms with van der Waals surface area (Å²) in [4.78, 5) is 7.28. The summed E-state index contributed by atoms with van der Waals surface area (Å²) in [5.74, 6) is 0.330. The van der Waals surface area contributed by atoms with Gasteiger partial charge in [-0.1, -0.05) is 13.0 Å². The van der Waals surface area contributed by atoms with Crippen LogP contribution in [0.3, 0.4) is 0 Å². The fourth-order valence-corrected chi connectivity index (χ4v) is 8.10. The second kappa shape index (κ2) is 9.46. The number of benzene rings is 1. The van der Waals surface area contributed by atoms with Crippen LogP contribution in [0, 0.1) is 11.3 Å². The van der Waals surface area contributed by atoms with Crippen LogP contribution >= 0.6 is 0 Å². The highest BCUT2D eigenvalue weighted by molar-refractivity contribution is 5.78. The lowest BCUT2D eigenvalue weighted by Gasteiger charge is -2.47. The van der Waals surface area contributed by atoms with Gasteiger partial charge in [-0.2, -0.15) is 5.26 Å². The first-order valence-electron chi connectivity index (χ1n) is 14.6. The van der Waals surface area contributed by atoms with Gasteiger partial charge in [-0.3, -0.25) is 4.90 Å². The molecule has 6 unspecified atom stereocenters. The number of alkyl halides is 1. The van der Waals surface area contributed by atoms with Gasteiger partial charge in [0.2, 0.25) is 0 Å². The molecule has 8 nitrogen and oxygen atoms in total. The Kier molecular flexibility index (Phi) is 6.14. The minimum atomic E-state index is -0.796. The van der Waals surface area contributed by atoms with E-state index in [4.69, 9.17) is 24.9 Å². The van der Waals surface area contributed by atoms with E-state index >= 15 is 0 Å². The van der Waals surface area contributed by atoms with Crippen LogP contribution < -0.4 is 11.1 Å². The summed E-state index contributed by atoms with van der Waals surface area (Å²) in [6.07, 6.45) is 6.07. The summed E-state index contributed by atoms with van der Waals surface area (Å²) < 4.78 is 33.7. The Balaban J connectivity index is 1.21. The van der Waals surface area contributed by atoms with Crippen LogP contribution in [0.1, 0.15) is 80.9 Å². The van der Waals surface area contributed by atoms with Crippen molar-refractivity contribution in [3.8, 4) is 6.07 Å². The van der Waals surface area contributed by atoms with Gasteiger partial charge in [0.05, 0.1) is 23.8 Å². The molecule has 3 N–H and O–H groups in total. The number of fused-ring (bicyclic) bond motifs is 3. The second-order valence-corrected chi connectivity index (χ2v) is 12.4. The number of nitrogens with two attached hydrogens (primary N) is 1. The topological polar surface area (TPSA) is 105 Å². The van der Waals surface area contributed by atoms with Gasteiger partial charge in [-0.05, 0) is 62.6 Å². The van der Waals surface area contributed by atoms with E-state index in [1.165, 1.54) is 0 Å². The van der Waals surface area contributed by atoms with E-state index in [0.29, 0.717) is 55.8 Å². The average molecular weight is 536 g/mol. The Bertz CT molecular complexity index is 1270. The van der Waals surface area contributed by atoms with Gasteiger partial charge in [0.25, 0.3) is 6.02 Å². The second-order valence-electron chi connectivity index (χ2n) is 12.4. The maximum atomic E-state index is 14.4. The molecule has 9 heteroatoms. The number of nitriles is 1. The summed E-state index contributed by atoms with van der Waals surface area (Å²) in [7, 11) is 0. The molecule has 3 fully saturated rings. The molecule has 5 heterocycles. The van der Waals surface area contributed by atoms with E-state index in [2.05, 4.69) is 29.3 Å². The number of hydrogen-bond acceptors (Lipinski definition) is 8. The van der Waals surface area contributed by atoms with Crippen molar-refractivity contribution in [2.24, 2.45) is 4.99 Å². The SMILES string of the molecule is CC1CCC2(CC3=C(CO2)C(C2CCCO2)N=C(OCC24CCCN2CC(F)C4)N3)c2c1ccc(N)c2C#N. The zero-order valence-corrected chi connectivity index (χ0v) is 22.7. The van der Waals surface area contributed by atoms with Crippen molar-refractivity contribution in [1.82, 2.24) is 10.2 Å². The molecule has 3 saturated heterocycles. The number of halogens is 1. The lowest BCUT2D eigenvalue weighted by Crippen LogP contribution is -2.50. The highest BCUT2D eigenvalue weighted by Gasteiger charge is 2.51. The number of aliphatic imine (C=N–C) groups is 1. The first-order valence-corrected chi connectivity index (χ1v) is 14.6. The lowest BCUT2D eigenvalue weighted by molar-refractivity contribution is -0.0692. The molecule has 6 aliphatic rings. The van der Waals surface area contributed by atoms with E-state index in [-0.39, 0.29) is 17.7 Å². The fraction of sp³-hybridized carbons (Fsp3) is 0.667. The molecule has 1 aliphatic carbocycles. The van der Waals surface area contributed by atoms with Crippen molar-refractivity contribution in [3.63, 3.8) is 0 Å². The number of ether oxygens (including phenoxy) is 3. The van der Waals surface area contributed by atoms with E-state index in [1.807, 2.05) is 6.07 Å². The van der Waals surface area contributed by atoms with Gasteiger partial charge in [-0.15, -0.1) is 0 Å². The van der Waals surface area contributed by atoms with Gasteiger partial charge >= 0.3 is 0 Å². The Morgan fingerprint density at radius 2 is 2.21 bits per heavy atom. The van der Waals surface area contributed by atoms with Crippen molar-refractivity contribution >= 4 is 11.7 Å². The van der Waals surface area contributed by atoms with E-state index in [9.17, 15) is 9.65 Å². The third kappa shape index (κ3) is 4.06. The van der Waals surface area contributed by atoms with Gasteiger partial charge in [-0.25, -0.2) is 9.38 Å². The van der Waals surface area contributed by atoms with Gasteiger partial charge < -0.3 is 25.3 Å². The monoisotopic (exact) mass is 535 g/mol. The van der Waals surface area contributed by atoms with Crippen LogP contribution in [0.4, 0.5) is 10.1 Å². The van der Waals surface area contributed by atoms with Gasteiger partial charge in [0.1, 0.15) is 30.5 Å². The smallest absolute Gasteiger partial charge is 0.289 e. The molecule has 0 amide bonds. The van der Waals surface area contributed by atoms with Crippen molar-refractivity contribution in [2.75, 3.05) is 38.6 Å². The molecule has 208 valence electrons. The Morgan fingerprint density at radius 1 is 1.31 bits per heavy atom. The number of rotatable bonds is 3. The number of anilines is 1. The maximum Gasteiger partial charge on any atom is 0.289 e. The van der Waals surface area contributed by atoms with Crippen LogP contribution in [0.2, 0.25) is 0 Å². The van der Waals surface area contributed by atoms with Crippen molar-refractivity contribution in [3.05, 3.63) is 40.1 Å². The lowest BCUT2D eigenvalue weighted by atomic mass is 9.69. The molecule has 0 radical (unpaired) electrons. The molecule has 39 heavy (non-hydrogen) atoms. The summed E-state index contributed by atoms with van der Waals surface area (Å²) in [6.45, 7) is 5.21. The molecular formula is C30H38FN5O3. The highest BCUT2D eigenvalue weighted by atomic mass is 19.1. The predicted octanol–water partition coefficient (Wildman–Crippen LogP) is 4.01. The largest absolute Gasteiger partial charge is 0.463 e. The van der Waals surface area contributed by atoms with Crippen LogP contribution in [0.5, 0.6) is 0 Å². The Hall–Kier alpha value is -2.67. The third-order valence-electron chi connectivity index (χ3n) is 10.1. The first-order chi connectivity index (χ1) is 18.9. The minimum absolute atomic E-state index is 0.0137. The Morgan fingerprint density at radius 3 is 3.03 bits per heavy atom. The molecule has 0 saturated carbocycles. The predicted molar refractivity (Wildman–Crippen MR) is 145 cm³/mol. The van der Waals surface area contributed by atoms with Gasteiger partial charge in [0.15, 0.2) is 0 Å². The zero-order valence-electron chi connectivity index (χ0n) is 22.7. The first kappa shape index (κ1) is 25.3. The number of amidine groups is 1. The normalized spacial score (nSPS) is 37.6. The summed E-state index contributed by atoms with van der Waals surface area (Å²) in [5.41, 5.74) is 10.7. The molecular weight excluding hydrogens is 497 g/mol. The Labute approximate surface area is 229 Å². The third-order valence-corrected chi connectivity index (χ3v) is 10.1. The molecule has 5 aliphatic heterocycles. The van der Waals surface area contributed by atoms with Crippen LogP contribution in [-0.2, 0) is 19.8 Å². The molecule has 1 spiro atoms. The number of nitrogen functional groups attached to an aromatic ring is 1. The molecule has 1 aromatic rings. The molecule has 1 aromatic carbocycles.